The molecule has 5 rings (SSSR count). The summed E-state index contributed by atoms with van der Waals surface area (Å²) in [5, 5.41) is 12.1. The molecule has 0 bridgehead atoms. The number of nitrogens with one attached hydrogen (secondary N) is 1. The van der Waals surface area contributed by atoms with E-state index in [0.717, 1.165) is 67.0 Å². The molecule has 2 aromatic carbocycles. The number of aromatic nitrogens is 2. The molecule has 0 aliphatic carbocycles. The summed E-state index contributed by atoms with van der Waals surface area (Å²) >= 11 is 0. The fourth-order valence-electron chi connectivity index (χ4n) is 6.52. The third-order valence-electron chi connectivity index (χ3n) is 8.81. The van der Waals surface area contributed by atoms with E-state index in [9.17, 15) is 19.5 Å². The van der Waals surface area contributed by atoms with Crippen LogP contribution in [0.2, 0.25) is 0 Å². The molecule has 236 valence electrons. The van der Waals surface area contributed by atoms with Gasteiger partial charge in [0.05, 0.1) is 11.0 Å². The average molecular weight is 605 g/mol. The van der Waals surface area contributed by atoms with Crippen molar-refractivity contribution in [2.24, 2.45) is 0 Å². The molecule has 11 heteroatoms. The number of carboxylic acid groups (broad SMARTS) is 1. The van der Waals surface area contributed by atoms with Gasteiger partial charge in [0.1, 0.15) is 5.82 Å². The molecule has 0 unspecified atom stereocenters. The van der Waals surface area contributed by atoms with Crippen LogP contribution in [0.5, 0.6) is 0 Å². The predicted octanol–water partition coefficient (Wildman–Crippen LogP) is 3.72. The second kappa shape index (κ2) is 14.6. The number of piperidine rings is 1. The van der Waals surface area contributed by atoms with Crippen molar-refractivity contribution < 1.29 is 24.2 Å². The highest BCUT2D eigenvalue weighted by Crippen LogP contribution is 2.30. The second-order valence-corrected chi connectivity index (χ2v) is 11.8. The van der Waals surface area contributed by atoms with Gasteiger partial charge in [-0.2, -0.15) is 0 Å². The molecule has 11 nitrogen and oxygen atoms in total. The van der Waals surface area contributed by atoms with Crippen LogP contribution in [0.1, 0.15) is 49.9 Å². The average Bonchev–Trinajstić information content (AvgIpc) is 3.40. The monoisotopic (exact) mass is 604 g/mol. The number of carbonyl (C=O) groups is 3. The zero-order valence-electron chi connectivity index (χ0n) is 25.8. The van der Waals surface area contributed by atoms with Crippen LogP contribution in [0.15, 0.2) is 48.5 Å². The molecule has 0 radical (unpaired) electrons. The fraction of sp³-hybridized carbons (Fsp3) is 0.515. The van der Waals surface area contributed by atoms with Gasteiger partial charge in [-0.1, -0.05) is 24.3 Å². The summed E-state index contributed by atoms with van der Waals surface area (Å²) in [6.45, 7) is 7.24. The number of para-hydroxylation sites is 2. The molecular weight excluding hydrogens is 560 g/mol. The fourth-order valence-corrected chi connectivity index (χ4v) is 6.52. The van der Waals surface area contributed by atoms with Crippen LogP contribution in [0.3, 0.4) is 0 Å². The van der Waals surface area contributed by atoms with Gasteiger partial charge in [-0.05, 0) is 55.5 Å². The summed E-state index contributed by atoms with van der Waals surface area (Å²) in [7, 11) is 1.71. The molecule has 3 amide bonds. The minimum Gasteiger partial charge on any atom is -0.465 e. The predicted molar refractivity (Wildman–Crippen MR) is 169 cm³/mol. The Hall–Kier alpha value is -4.12. The van der Waals surface area contributed by atoms with Gasteiger partial charge in [0.25, 0.3) is 0 Å². The van der Waals surface area contributed by atoms with Crippen molar-refractivity contribution in [1.29, 1.82) is 0 Å². The van der Waals surface area contributed by atoms with Crippen LogP contribution in [-0.2, 0) is 27.3 Å². The number of benzene rings is 2. The molecular formula is C33H44N6O5. The van der Waals surface area contributed by atoms with Crippen LogP contribution < -0.4 is 10.2 Å². The summed E-state index contributed by atoms with van der Waals surface area (Å²) in [6.07, 6.45) is 2.07. The maximum atomic E-state index is 13.6. The quantitative estimate of drug-likeness (QED) is 0.320. The van der Waals surface area contributed by atoms with Crippen molar-refractivity contribution in [3.8, 4) is 0 Å². The Balaban J connectivity index is 1.22. The van der Waals surface area contributed by atoms with Gasteiger partial charge < -0.3 is 34.4 Å². The number of methoxy groups -OCH3 is 1. The van der Waals surface area contributed by atoms with Gasteiger partial charge in [0, 0.05) is 90.5 Å². The first-order valence-electron chi connectivity index (χ1n) is 15.6. The van der Waals surface area contributed by atoms with Crippen molar-refractivity contribution >= 4 is 34.6 Å². The summed E-state index contributed by atoms with van der Waals surface area (Å²) in [5.41, 5.74) is 4.09. The third-order valence-corrected chi connectivity index (χ3v) is 8.81. The SMILES string of the molecule is COCCCn1c([C@@H]2CCCN(C(=O)C[C@@H](Cc3ccc(N4CCN(C(C)=O)CC4)cc3)NC(=O)O)C2)nc2ccccc21. The first kappa shape index (κ1) is 31.3. The number of hydrogen-bond donors (Lipinski definition) is 2. The van der Waals surface area contributed by atoms with Crippen LogP contribution >= 0.6 is 0 Å². The Bertz CT molecular complexity index is 1430. The van der Waals surface area contributed by atoms with E-state index in [4.69, 9.17) is 9.72 Å². The minimum atomic E-state index is -1.14. The lowest BCUT2D eigenvalue weighted by Gasteiger charge is -2.35. The summed E-state index contributed by atoms with van der Waals surface area (Å²) < 4.78 is 7.56. The number of carbonyl (C=O) groups excluding carboxylic acids is 2. The van der Waals surface area contributed by atoms with E-state index >= 15 is 0 Å². The number of hydrogen-bond acceptors (Lipinski definition) is 6. The smallest absolute Gasteiger partial charge is 0.404 e. The number of anilines is 1. The molecule has 2 fully saturated rings. The van der Waals surface area contributed by atoms with Gasteiger partial charge in [0.15, 0.2) is 0 Å². The molecule has 2 atom stereocenters. The van der Waals surface area contributed by atoms with E-state index in [1.54, 1.807) is 14.0 Å². The Kier molecular flexibility index (Phi) is 10.4. The van der Waals surface area contributed by atoms with Gasteiger partial charge in [0.2, 0.25) is 11.8 Å². The Morgan fingerprint density at radius 3 is 2.48 bits per heavy atom. The Morgan fingerprint density at radius 2 is 1.77 bits per heavy atom. The molecule has 2 aliphatic rings. The van der Waals surface area contributed by atoms with Crippen LogP contribution in [0.4, 0.5) is 10.5 Å². The van der Waals surface area contributed by atoms with E-state index in [-0.39, 0.29) is 24.2 Å². The number of nitrogens with zero attached hydrogens (tertiary/aromatic N) is 5. The van der Waals surface area contributed by atoms with Gasteiger partial charge >= 0.3 is 6.09 Å². The van der Waals surface area contributed by atoms with Crippen molar-refractivity contribution in [3.63, 3.8) is 0 Å². The number of amides is 3. The van der Waals surface area contributed by atoms with E-state index < -0.39 is 12.1 Å². The van der Waals surface area contributed by atoms with Crippen molar-refractivity contribution in [2.45, 2.75) is 57.5 Å². The largest absolute Gasteiger partial charge is 0.465 e. The second-order valence-electron chi connectivity index (χ2n) is 11.8. The Labute approximate surface area is 258 Å². The first-order chi connectivity index (χ1) is 21.3. The highest BCUT2D eigenvalue weighted by Gasteiger charge is 2.30. The summed E-state index contributed by atoms with van der Waals surface area (Å²) in [5.74, 6) is 1.17. The third kappa shape index (κ3) is 7.68. The van der Waals surface area contributed by atoms with E-state index in [0.29, 0.717) is 39.2 Å². The standard InChI is InChI=1S/C33H44N6O5/c1-24(40)36-16-18-37(19-17-36)28-12-10-25(11-13-28)21-27(34-33(42)43)22-31(41)38-14-5-7-26(23-38)32-35-29-8-3-4-9-30(29)39(32)15-6-20-44-2/h3-4,8-13,26-27,34H,5-7,14-23H2,1-2H3,(H,42,43)/t26-,27-/m1/s1. The molecule has 0 spiro atoms. The van der Waals surface area contributed by atoms with E-state index in [2.05, 4.69) is 20.9 Å². The normalized spacial score (nSPS) is 18.0. The van der Waals surface area contributed by atoms with Crippen molar-refractivity contribution in [1.82, 2.24) is 24.7 Å². The molecule has 2 saturated heterocycles. The minimum absolute atomic E-state index is 0.0459. The highest BCUT2D eigenvalue weighted by molar-refractivity contribution is 5.78. The molecule has 0 saturated carbocycles. The number of fused-ring (bicyclic) bond motifs is 1. The summed E-state index contributed by atoms with van der Waals surface area (Å²) in [6, 6.07) is 15.7. The van der Waals surface area contributed by atoms with Crippen molar-refractivity contribution in [3.05, 3.63) is 59.9 Å². The molecule has 2 N–H and O–H groups in total. The maximum absolute atomic E-state index is 13.6. The van der Waals surface area contributed by atoms with Crippen molar-refractivity contribution in [2.75, 3.05) is 57.9 Å². The molecule has 3 heterocycles. The lowest BCUT2D eigenvalue weighted by molar-refractivity contribution is -0.133. The molecule has 44 heavy (non-hydrogen) atoms. The van der Waals surface area contributed by atoms with E-state index in [1.165, 1.54) is 0 Å². The number of ether oxygens (including phenoxy) is 1. The van der Waals surface area contributed by atoms with Gasteiger partial charge in [-0.25, -0.2) is 9.78 Å². The number of likely N-dealkylation sites (tertiary alicyclic amines) is 1. The lowest BCUT2D eigenvalue weighted by atomic mass is 9.95. The molecule has 3 aromatic rings. The number of piperazine rings is 1. The van der Waals surface area contributed by atoms with Crippen LogP contribution in [0, 0.1) is 0 Å². The van der Waals surface area contributed by atoms with Crippen LogP contribution in [-0.4, -0.2) is 101 Å². The van der Waals surface area contributed by atoms with E-state index in [1.807, 2.05) is 52.3 Å². The zero-order chi connectivity index (χ0) is 31.1. The topological polar surface area (TPSA) is 120 Å². The molecule has 2 aliphatic heterocycles. The highest BCUT2D eigenvalue weighted by atomic mass is 16.5. The van der Waals surface area contributed by atoms with Gasteiger partial charge in [-0.3, -0.25) is 9.59 Å². The summed E-state index contributed by atoms with van der Waals surface area (Å²) in [4.78, 5) is 47.9. The maximum Gasteiger partial charge on any atom is 0.404 e. The number of rotatable bonds is 11. The number of aryl methyl sites for hydroxylation is 1. The zero-order valence-corrected chi connectivity index (χ0v) is 25.8. The Morgan fingerprint density at radius 1 is 1.02 bits per heavy atom. The van der Waals surface area contributed by atoms with Crippen LogP contribution in [0.25, 0.3) is 11.0 Å². The lowest BCUT2D eigenvalue weighted by Crippen LogP contribution is -2.48. The molecule has 1 aromatic heterocycles. The van der Waals surface area contributed by atoms with Gasteiger partial charge in [-0.15, -0.1) is 0 Å². The number of imidazole rings is 1. The first-order valence-corrected chi connectivity index (χ1v) is 15.6.